The fourth-order valence-corrected chi connectivity index (χ4v) is 2.57. The summed E-state index contributed by atoms with van der Waals surface area (Å²) in [5.41, 5.74) is 0.868. The van der Waals surface area contributed by atoms with Crippen molar-refractivity contribution in [3.63, 3.8) is 0 Å². The van der Waals surface area contributed by atoms with Crippen LogP contribution in [-0.4, -0.2) is 8.76 Å². The summed E-state index contributed by atoms with van der Waals surface area (Å²) in [4.78, 5) is 0. The van der Waals surface area contributed by atoms with E-state index < -0.39 is 11.4 Å². The smallest absolute Gasteiger partial charge is 0.0885 e. The summed E-state index contributed by atoms with van der Waals surface area (Å²) in [5, 5.41) is 4.45. The third kappa shape index (κ3) is 2.38. The molecule has 4 heteroatoms. The van der Waals surface area contributed by atoms with Gasteiger partial charge in [-0.25, -0.2) is 4.21 Å². The second-order valence-electron chi connectivity index (χ2n) is 4.27. The molecular formula is C15H11O3S-. The van der Waals surface area contributed by atoms with Crippen LogP contribution < -0.4 is 0 Å². The van der Waals surface area contributed by atoms with Crippen molar-refractivity contribution in [2.24, 2.45) is 0 Å². The van der Waals surface area contributed by atoms with Crippen LogP contribution >= 0.6 is 0 Å². The van der Waals surface area contributed by atoms with Crippen LogP contribution in [0.2, 0.25) is 0 Å². The summed E-state index contributed by atoms with van der Waals surface area (Å²) in [6.45, 7) is 0.0613. The summed E-state index contributed by atoms with van der Waals surface area (Å²) < 4.78 is 25.7. The van der Waals surface area contributed by atoms with Gasteiger partial charge in [0.2, 0.25) is 0 Å². The molecule has 3 nitrogen and oxygen atoms in total. The van der Waals surface area contributed by atoms with Gasteiger partial charge in [0.25, 0.3) is 0 Å². The van der Waals surface area contributed by atoms with E-state index in [-0.39, 0.29) is 6.61 Å². The molecule has 3 rings (SSSR count). The van der Waals surface area contributed by atoms with E-state index in [1.807, 2.05) is 42.5 Å². The first-order valence-electron chi connectivity index (χ1n) is 5.87. The Kier molecular flexibility index (Phi) is 3.29. The van der Waals surface area contributed by atoms with Gasteiger partial charge in [-0.1, -0.05) is 54.6 Å². The molecule has 0 aliphatic heterocycles. The molecule has 3 aromatic rings. The highest BCUT2D eigenvalue weighted by Gasteiger charge is 2.04. The SMILES string of the molecule is O=S([O-])OCc1cccc2c1ccc1ccccc12. The van der Waals surface area contributed by atoms with Crippen molar-refractivity contribution in [2.75, 3.05) is 0 Å². The van der Waals surface area contributed by atoms with Crippen LogP contribution in [0.25, 0.3) is 21.5 Å². The number of hydrogen-bond donors (Lipinski definition) is 0. The van der Waals surface area contributed by atoms with E-state index in [2.05, 4.69) is 16.3 Å². The molecule has 0 radical (unpaired) electrons. The van der Waals surface area contributed by atoms with E-state index in [0.29, 0.717) is 0 Å². The number of hydrogen-bond acceptors (Lipinski definition) is 3. The minimum absolute atomic E-state index is 0.0613. The second-order valence-corrected chi connectivity index (χ2v) is 4.91. The fraction of sp³-hybridized carbons (Fsp3) is 0.0667. The zero-order valence-corrected chi connectivity index (χ0v) is 10.9. The maximum atomic E-state index is 10.5. The molecule has 0 heterocycles. The average molecular weight is 271 g/mol. The van der Waals surface area contributed by atoms with Crippen LogP contribution in [0.4, 0.5) is 0 Å². The molecule has 1 atom stereocenters. The molecule has 0 saturated heterocycles. The number of benzene rings is 3. The normalized spacial score (nSPS) is 12.9. The Labute approximate surface area is 113 Å². The lowest BCUT2D eigenvalue weighted by Gasteiger charge is -2.10. The van der Waals surface area contributed by atoms with Crippen molar-refractivity contribution in [3.05, 3.63) is 60.2 Å². The standard InChI is InChI=1S/C15H12O3S/c16-19(17)18-10-12-5-3-7-15-13-6-2-1-4-11(13)8-9-14(12)15/h1-9H,10H2,(H,16,17)/p-1. The van der Waals surface area contributed by atoms with Gasteiger partial charge >= 0.3 is 0 Å². The lowest BCUT2D eigenvalue weighted by molar-refractivity contribution is 0.292. The van der Waals surface area contributed by atoms with Crippen molar-refractivity contribution in [2.45, 2.75) is 6.61 Å². The zero-order valence-electron chi connectivity index (χ0n) is 10.0. The highest BCUT2D eigenvalue weighted by molar-refractivity contribution is 7.74. The van der Waals surface area contributed by atoms with Crippen LogP contribution in [0, 0.1) is 0 Å². The summed E-state index contributed by atoms with van der Waals surface area (Å²) in [6, 6.07) is 18.0. The lowest BCUT2D eigenvalue weighted by Crippen LogP contribution is -1.97. The van der Waals surface area contributed by atoms with Crippen molar-refractivity contribution < 1.29 is 12.9 Å². The molecule has 19 heavy (non-hydrogen) atoms. The van der Waals surface area contributed by atoms with Gasteiger partial charge < -0.3 is 4.55 Å². The van der Waals surface area contributed by atoms with E-state index in [9.17, 15) is 8.76 Å². The van der Waals surface area contributed by atoms with E-state index in [1.165, 1.54) is 5.39 Å². The minimum atomic E-state index is -2.49. The molecule has 0 amide bonds. The molecule has 0 bridgehead atoms. The highest BCUT2D eigenvalue weighted by atomic mass is 32.2. The van der Waals surface area contributed by atoms with Crippen molar-refractivity contribution in [3.8, 4) is 0 Å². The molecule has 0 aliphatic carbocycles. The molecule has 0 fully saturated rings. The van der Waals surface area contributed by atoms with E-state index >= 15 is 0 Å². The molecular weight excluding hydrogens is 260 g/mol. The Bertz CT molecular complexity index is 768. The Balaban J connectivity index is 2.20. The Morgan fingerprint density at radius 2 is 1.68 bits per heavy atom. The quantitative estimate of drug-likeness (QED) is 0.542. The van der Waals surface area contributed by atoms with E-state index in [4.69, 9.17) is 0 Å². The van der Waals surface area contributed by atoms with Gasteiger partial charge in [-0.3, -0.25) is 4.18 Å². The second kappa shape index (κ2) is 5.09. The topological polar surface area (TPSA) is 49.4 Å². The van der Waals surface area contributed by atoms with Crippen molar-refractivity contribution >= 4 is 32.9 Å². The first-order chi connectivity index (χ1) is 9.25. The van der Waals surface area contributed by atoms with Gasteiger partial charge in [-0.2, -0.15) is 0 Å². The average Bonchev–Trinajstić information content (AvgIpc) is 2.44. The number of fused-ring (bicyclic) bond motifs is 3. The van der Waals surface area contributed by atoms with E-state index in [0.717, 1.165) is 21.7 Å². The van der Waals surface area contributed by atoms with Crippen LogP contribution in [0.15, 0.2) is 54.6 Å². The zero-order chi connectivity index (χ0) is 13.2. The molecule has 0 saturated carbocycles. The van der Waals surface area contributed by atoms with Gasteiger partial charge in [0.05, 0.1) is 18.0 Å². The summed E-state index contributed by atoms with van der Waals surface area (Å²) in [6.07, 6.45) is 0. The third-order valence-electron chi connectivity index (χ3n) is 3.19. The van der Waals surface area contributed by atoms with Crippen molar-refractivity contribution in [1.82, 2.24) is 0 Å². The Hall–Kier alpha value is -1.75. The fourth-order valence-electron chi connectivity index (χ4n) is 2.34. The highest BCUT2D eigenvalue weighted by Crippen LogP contribution is 2.27. The van der Waals surface area contributed by atoms with Gasteiger partial charge in [0.15, 0.2) is 0 Å². The Morgan fingerprint density at radius 3 is 2.53 bits per heavy atom. The molecule has 0 aliphatic rings. The summed E-state index contributed by atoms with van der Waals surface area (Å²) in [7, 11) is 0. The molecule has 0 N–H and O–H groups in total. The van der Waals surface area contributed by atoms with Crippen LogP contribution in [-0.2, 0) is 22.2 Å². The maximum absolute atomic E-state index is 10.5. The third-order valence-corrected chi connectivity index (χ3v) is 3.50. The van der Waals surface area contributed by atoms with Gasteiger partial charge in [0, 0.05) is 0 Å². The largest absolute Gasteiger partial charge is 0.750 e. The van der Waals surface area contributed by atoms with Crippen LogP contribution in [0.5, 0.6) is 0 Å². The van der Waals surface area contributed by atoms with Gasteiger partial charge in [0.1, 0.15) is 0 Å². The van der Waals surface area contributed by atoms with Crippen LogP contribution in [0.1, 0.15) is 5.56 Å². The minimum Gasteiger partial charge on any atom is -0.750 e. The molecule has 0 aromatic heterocycles. The first kappa shape index (κ1) is 12.3. The molecule has 0 spiro atoms. The van der Waals surface area contributed by atoms with Crippen molar-refractivity contribution in [1.29, 1.82) is 0 Å². The van der Waals surface area contributed by atoms with Gasteiger partial charge in [-0.15, -0.1) is 0 Å². The summed E-state index contributed by atoms with van der Waals surface area (Å²) in [5.74, 6) is 0. The van der Waals surface area contributed by atoms with E-state index in [1.54, 1.807) is 0 Å². The summed E-state index contributed by atoms with van der Waals surface area (Å²) >= 11 is -2.49. The van der Waals surface area contributed by atoms with Crippen LogP contribution in [0.3, 0.4) is 0 Å². The maximum Gasteiger partial charge on any atom is 0.0885 e. The lowest BCUT2D eigenvalue weighted by atomic mass is 9.99. The van der Waals surface area contributed by atoms with Gasteiger partial charge in [-0.05, 0) is 27.1 Å². The Morgan fingerprint density at radius 1 is 0.895 bits per heavy atom. The monoisotopic (exact) mass is 271 g/mol. The molecule has 1 unspecified atom stereocenters. The first-order valence-corrected chi connectivity index (χ1v) is 6.87. The predicted octanol–water partition coefficient (Wildman–Crippen LogP) is 3.30. The molecule has 96 valence electrons. The predicted molar refractivity (Wildman–Crippen MR) is 75.2 cm³/mol. The molecule has 3 aromatic carbocycles. The number of rotatable bonds is 3.